The molecule has 2 aliphatic rings. The molecule has 0 aliphatic heterocycles. The first-order valence-corrected chi connectivity index (χ1v) is 24.0. The van der Waals surface area contributed by atoms with Crippen molar-refractivity contribution >= 4 is 32.7 Å². The van der Waals surface area contributed by atoms with Gasteiger partial charge in [0.05, 0.1) is 0 Å². The summed E-state index contributed by atoms with van der Waals surface area (Å²) < 4.78 is 6.71. The van der Waals surface area contributed by atoms with Crippen molar-refractivity contribution < 1.29 is 4.42 Å². The highest BCUT2D eigenvalue weighted by molar-refractivity contribution is 6.13. The molecule has 0 N–H and O–H groups in total. The fraction of sp³-hybridized carbons (Fsp3) is 0.0615. The molecule has 12 aromatic rings. The van der Waals surface area contributed by atoms with Gasteiger partial charge in [-0.15, -0.1) is 0 Å². The molecule has 2 heterocycles. The quantitative estimate of drug-likeness (QED) is 0.167. The maximum atomic E-state index is 6.71. The first-order chi connectivity index (χ1) is 34.2. The minimum Gasteiger partial charge on any atom is -0.456 e. The van der Waals surface area contributed by atoms with Crippen LogP contribution in [0.4, 0.5) is 0 Å². The lowest BCUT2D eigenvalue weighted by atomic mass is 9.82. The van der Waals surface area contributed by atoms with E-state index in [4.69, 9.17) is 19.4 Å². The van der Waals surface area contributed by atoms with Crippen molar-refractivity contribution in [3.63, 3.8) is 0 Å². The molecule has 0 saturated heterocycles. The van der Waals surface area contributed by atoms with Crippen LogP contribution >= 0.6 is 0 Å². The number of fused-ring (bicyclic) bond motifs is 10. The van der Waals surface area contributed by atoms with Gasteiger partial charge in [0.2, 0.25) is 0 Å². The lowest BCUT2D eigenvalue weighted by Gasteiger charge is -2.22. The summed E-state index contributed by atoms with van der Waals surface area (Å²) in [5.74, 6) is 1.99. The zero-order valence-corrected chi connectivity index (χ0v) is 37.7. The number of nitrogens with zero attached hydrogens (tertiary/aromatic N) is 3. The van der Waals surface area contributed by atoms with Gasteiger partial charge in [0.25, 0.3) is 0 Å². The second kappa shape index (κ2) is 16.0. The fourth-order valence-electron chi connectivity index (χ4n) is 11.6. The van der Waals surface area contributed by atoms with Crippen molar-refractivity contribution in [1.29, 1.82) is 0 Å². The van der Waals surface area contributed by atoms with Crippen molar-refractivity contribution in [3.05, 3.63) is 258 Å². The lowest BCUT2D eigenvalue weighted by molar-refractivity contribution is 0.668. The summed E-state index contributed by atoms with van der Waals surface area (Å²) in [6.07, 6.45) is 1.83. The highest BCUT2D eigenvalue weighted by Crippen LogP contribution is 2.52. The zero-order chi connectivity index (χ0) is 45.4. The molecular weight excluding hydrogens is 839 g/mol. The molecule has 0 radical (unpaired) electrons. The van der Waals surface area contributed by atoms with Crippen molar-refractivity contribution in [1.82, 2.24) is 15.0 Å². The molecule has 10 aromatic carbocycles. The van der Waals surface area contributed by atoms with Crippen LogP contribution in [0.1, 0.15) is 51.6 Å². The average Bonchev–Trinajstić information content (AvgIpc) is 3.92. The number of furan rings is 1. The van der Waals surface area contributed by atoms with E-state index >= 15 is 0 Å². The molecule has 0 saturated carbocycles. The van der Waals surface area contributed by atoms with Gasteiger partial charge >= 0.3 is 0 Å². The smallest absolute Gasteiger partial charge is 0.165 e. The molecule has 0 spiro atoms. The summed E-state index contributed by atoms with van der Waals surface area (Å²) >= 11 is 0. The first-order valence-electron chi connectivity index (χ1n) is 24.0. The van der Waals surface area contributed by atoms with Gasteiger partial charge in [0, 0.05) is 39.3 Å². The van der Waals surface area contributed by atoms with E-state index in [-0.39, 0.29) is 11.8 Å². The molecule has 4 nitrogen and oxygen atoms in total. The van der Waals surface area contributed by atoms with Crippen molar-refractivity contribution in [3.8, 4) is 67.5 Å². The summed E-state index contributed by atoms with van der Waals surface area (Å²) in [5, 5.41) is 4.58. The van der Waals surface area contributed by atoms with Gasteiger partial charge < -0.3 is 4.42 Å². The van der Waals surface area contributed by atoms with Crippen molar-refractivity contribution in [2.45, 2.75) is 24.7 Å². The Kier molecular flexibility index (Phi) is 9.13. The minimum absolute atomic E-state index is 0.0260. The van der Waals surface area contributed by atoms with Gasteiger partial charge in [-0.3, -0.25) is 0 Å². The third-order valence-electron chi connectivity index (χ3n) is 14.7. The molecule has 14 rings (SSSR count). The summed E-state index contributed by atoms with van der Waals surface area (Å²) in [5.41, 5.74) is 19.4. The fourth-order valence-corrected chi connectivity index (χ4v) is 11.6. The highest BCUT2D eigenvalue weighted by atomic mass is 16.3. The van der Waals surface area contributed by atoms with Crippen molar-refractivity contribution in [2.24, 2.45) is 0 Å². The number of rotatable bonds is 6. The topological polar surface area (TPSA) is 51.8 Å². The highest BCUT2D eigenvalue weighted by Gasteiger charge is 2.34. The summed E-state index contributed by atoms with van der Waals surface area (Å²) in [6.45, 7) is 0. The second-order valence-corrected chi connectivity index (χ2v) is 18.5. The third-order valence-corrected chi connectivity index (χ3v) is 14.7. The van der Waals surface area contributed by atoms with E-state index in [2.05, 4.69) is 218 Å². The molecule has 4 heteroatoms. The van der Waals surface area contributed by atoms with E-state index in [9.17, 15) is 0 Å². The van der Waals surface area contributed by atoms with E-state index in [1.807, 2.05) is 6.07 Å². The second-order valence-electron chi connectivity index (χ2n) is 18.5. The van der Waals surface area contributed by atoms with Crippen LogP contribution in [-0.2, 0) is 6.42 Å². The van der Waals surface area contributed by atoms with Crippen LogP contribution in [-0.4, -0.2) is 15.0 Å². The molecule has 324 valence electrons. The van der Waals surface area contributed by atoms with Gasteiger partial charge in [-0.1, -0.05) is 206 Å². The summed E-state index contributed by atoms with van der Waals surface area (Å²) in [6, 6.07) is 80.9. The molecule has 0 bridgehead atoms. The SMILES string of the molecule is c1ccc(-c2ccc(-c3nc(-c4cccc5c4-c4ccccc4C5c4ccccc4)nc(-c4c(C5CCc6cc7ccccc7cc6-c6ccccc65)ccc5oc6ccccc6c45)n3)cc2)cc1. The van der Waals surface area contributed by atoms with Gasteiger partial charge in [0.1, 0.15) is 11.2 Å². The van der Waals surface area contributed by atoms with Crippen LogP contribution in [0.2, 0.25) is 0 Å². The third kappa shape index (κ3) is 6.48. The predicted octanol–water partition coefficient (Wildman–Crippen LogP) is 16.5. The van der Waals surface area contributed by atoms with Gasteiger partial charge in [-0.05, 0) is 109 Å². The van der Waals surface area contributed by atoms with Gasteiger partial charge in [-0.2, -0.15) is 0 Å². The number of hydrogen-bond donors (Lipinski definition) is 0. The molecule has 2 atom stereocenters. The Labute approximate surface area is 400 Å². The van der Waals surface area contributed by atoms with E-state index in [1.54, 1.807) is 0 Å². The maximum absolute atomic E-state index is 6.71. The van der Waals surface area contributed by atoms with E-state index in [0.29, 0.717) is 17.5 Å². The van der Waals surface area contributed by atoms with Gasteiger partial charge in [-0.25, -0.2) is 15.0 Å². The Morgan fingerprint density at radius 3 is 1.84 bits per heavy atom. The molecular formula is C65H43N3O. The van der Waals surface area contributed by atoms with E-state index in [0.717, 1.165) is 62.6 Å². The van der Waals surface area contributed by atoms with Crippen LogP contribution in [0.5, 0.6) is 0 Å². The summed E-state index contributed by atoms with van der Waals surface area (Å²) in [7, 11) is 0. The number of aromatic nitrogens is 3. The molecule has 2 aromatic heterocycles. The molecule has 2 unspecified atom stereocenters. The van der Waals surface area contributed by atoms with Crippen LogP contribution < -0.4 is 0 Å². The van der Waals surface area contributed by atoms with E-state index in [1.165, 1.54) is 66.4 Å². The Morgan fingerprint density at radius 1 is 0.377 bits per heavy atom. The Bertz CT molecular complexity index is 3970. The molecule has 0 amide bonds. The lowest BCUT2D eigenvalue weighted by Crippen LogP contribution is -2.08. The standard InChI is InChI=1S/C65H43N3O/c1-3-16-40(17-4-1)41-30-32-43(33-31-41)63-66-64(55-28-15-27-54-59(42-18-5-2-6-19-42)50-24-11-12-25-51(50)60(54)55)68-65(67-63)62-52(36-37-58-61(62)53-26-13-14-29-57(53)69-58)49-35-34-46-38-44-20-7-8-21-45(44)39-56(46)48-23-10-9-22-47(48)49/h1-33,36-39,49,59H,34-35H2. The zero-order valence-electron chi connectivity index (χ0n) is 37.7. The number of hydrogen-bond acceptors (Lipinski definition) is 4. The Hall–Kier alpha value is -8.73. The van der Waals surface area contributed by atoms with Crippen LogP contribution in [0.15, 0.2) is 229 Å². The van der Waals surface area contributed by atoms with Crippen LogP contribution in [0.25, 0.3) is 100 Å². The normalized spacial score (nSPS) is 14.8. The van der Waals surface area contributed by atoms with Crippen molar-refractivity contribution in [2.75, 3.05) is 0 Å². The number of benzene rings is 10. The van der Waals surface area contributed by atoms with Crippen LogP contribution in [0, 0.1) is 0 Å². The number of aryl methyl sites for hydroxylation is 1. The largest absolute Gasteiger partial charge is 0.456 e. The molecule has 2 aliphatic carbocycles. The number of para-hydroxylation sites is 1. The minimum atomic E-state index is 0.0260. The van der Waals surface area contributed by atoms with Crippen LogP contribution in [0.3, 0.4) is 0 Å². The molecule has 69 heavy (non-hydrogen) atoms. The monoisotopic (exact) mass is 881 g/mol. The Morgan fingerprint density at radius 2 is 1.00 bits per heavy atom. The first kappa shape index (κ1) is 39.4. The molecule has 0 fully saturated rings. The summed E-state index contributed by atoms with van der Waals surface area (Å²) in [4.78, 5) is 16.8. The van der Waals surface area contributed by atoms with Gasteiger partial charge in [0.15, 0.2) is 17.5 Å². The maximum Gasteiger partial charge on any atom is 0.165 e. The Balaban J connectivity index is 1.03. The predicted molar refractivity (Wildman–Crippen MR) is 281 cm³/mol. The average molecular weight is 882 g/mol. The van der Waals surface area contributed by atoms with E-state index < -0.39 is 0 Å².